The molecule has 88 valence electrons. The van der Waals surface area contributed by atoms with Gasteiger partial charge in [0.15, 0.2) is 0 Å². The lowest BCUT2D eigenvalue weighted by Crippen LogP contribution is -2.30. The molecule has 0 saturated carbocycles. The lowest BCUT2D eigenvalue weighted by molar-refractivity contribution is 0.575. The Bertz CT molecular complexity index is 530. The predicted molar refractivity (Wildman–Crippen MR) is 72.2 cm³/mol. The summed E-state index contributed by atoms with van der Waals surface area (Å²) in [5.41, 5.74) is 6.69. The maximum atomic E-state index is 5.88. The molecule has 1 saturated heterocycles. The molecule has 3 rings (SSSR count). The first-order valence-corrected chi connectivity index (χ1v) is 6.24. The van der Waals surface area contributed by atoms with E-state index in [-0.39, 0.29) is 0 Å². The molecule has 17 heavy (non-hydrogen) atoms. The van der Waals surface area contributed by atoms with Crippen molar-refractivity contribution in [3.05, 3.63) is 30.5 Å². The first-order chi connectivity index (χ1) is 8.34. The molecular weight excluding hydrogens is 210 g/mol. The van der Waals surface area contributed by atoms with Gasteiger partial charge in [0.05, 0.1) is 0 Å². The number of nitrogens with two attached hydrogens (primary N) is 1. The van der Waals surface area contributed by atoms with E-state index in [0.717, 1.165) is 24.6 Å². The van der Waals surface area contributed by atoms with E-state index >= 15 is 0 Å². The van der Waals surface area contributed by atoms with Gasteiger partial charge in [-0.05, 0) is 42.8 Å². The lowest BCUT2D eigenvalue weighted by atomic mass is 10.1. The summed E-state index contributed by atoms with van der Waals surface area (Å²) in [7, 11) is 0. The molecule has 0 radical (unpaired) electrons. The van der Waals surface area contributed by atoms with Gasteiger partial charge in [0.25, 0.3) is 0 Å². The summed E-state index contributed by atoms with van der Waals surface area (Å²) in [4.78, 5) is 6.92. The zero-order chi connectivity index (χ0) is 11.7. The Morgan fingerprint density at radius 3 is 2.71 bits per heavy atom. The summed E-state index contributed by atoms with van der Waals surface area (Å²) >= 11 is 0. The van der Waals surface area contributed by atoms with Gasteiger partial charge >= 0.3 is 0 Å². The minimum atomic E-state index is 0.809. The van der Waals surface area contributed by atoms with Gasteiger partial charge in [0, 0.05) is 30.4 Å². The number of piperidine rings is 1. The Kier molecular flexibility index (Phi) is 2.59. The SMILES string of the molecule is Nc1ccc2ccnc(N3CCCCC3)c2c1. The van der Waals surface area contributed by atoms with Gasteiger partial charge in [-0.15, -0.1) is 0 Å². The quantitative estimate of drug-likeness (QED) is 0.762. The van der Waals surface area contributed by atoms with Crippen LogP contribution in [0.4, 0.5) is 11.5 Å². The normalized spacial score (nSPS) is 16.4. The number of nitrogens with zero attached hydrogens (tertiary/aromatic N) is 2. The van der Waals surface area contributed by atoms with E-state index in [4.69, 9.17) is 5.73 Å². The van der Waals surface area contributed by atoms with Gasteiger partial charge in [-0.25, -0.2) is 4.98 Å². The third-order valence-electron chi connectivity index (χ3n) is 3.42. The molecule has 3 nitrogen and oxygen atoms in total. The highest BCUT2D eigenvalue weighted by molar-refractivity contribution is 5.94. The van der Waals surface area contributed by atoms with Crippen LogP contribution in [0.5, 0.6) is 0 Å². The fourth-order valence-corrected chi connectivity index (χ4v) is 2.53. The molecule has 2 heterocycles. The maximum absolute atomic E-state index is 5.88. The summed E-state index contributed by atoms with van der Waals surface area (Å²) in [5.74, 6) is 1.09. The van der Waals surface area contributed by atoms with Crippen molar-refractivity contribution in [1.82, 2.24) is 4.98 Å². The molecule has 0 amide bonds. The van der Waals surface area contributed by atoms with E-state index in [9.17, 15) is 0 Å². The molecule has 1 aliphatic heterocycles. The molecule has 0 unspecified atom stereocenters. The summed E-state index contributed by atoms with van der Waals surface area (Å²) in [6.45, 7) is 2.22. The van der Waals surface area contributed by atoms with Gasteiger partial charge in [-0.1, -0.05) is 6.07 Å². The molecule has 0 atom stereocenters. The van der Waals surface area contributed by atoms with Gasteiger partial charge in [-0.3, -0.25) is 0 Å². The van der Waals surface area contributed by atoms with E-state index in [0.29, 0.717) is 0 Å². The Labute approximate surface area is 101 Å². The second-order valence-corrected chi connectivity index (χ2v) is 4.66. The Hall–Kier alpha value is -1.77. The van der Waals surface area contributed by atoms with E-state index in [1.54, 1.807) is 0 Å². The van der Waals surface area contributed by atoms with Crippen molar-refractivity contribution in [2.75, 3.05) is 23.7 Å². The predicted octanol–water partition coefficient (Wildman–Crippen LogP) is 2.81. The highest BCUT2D eigenvalue weighted by atomic mass is 15.2. The molecule has 2 aromatic rings. The van der Waals surface area contributed by atoms with Crippen LogP contribution in [0.2, 0.25) is 0 Å². The molecule has 1 aliphatic rings. The van der Waals surface area contributed by atoms with Crippen LogP contribution < -0.4 is 10.6 Å². The van der Waals surface area contributed by atoms with Crippen LogP contribution in [0.25, 0.3) is 10.8 Å². The first kappa shape index (κ1) is 10.4. The Morgan fingerprint density at radius 2 is 1.88 bits per heavy atom. The molecule has 1 aromatic carbocycles. The summed E-state index contributed by atoms with van der Waals surface area (Å²) in [6.07, 6.45) is 5.76. The second kappa shape index (κ2) is 4.24. The minimum absolute atomic E-state index is 0.809. The molecule has 0 bridgehead atoms. The number of rotatable bonds is 1. The average Bonchev–Trinajstić information content (AvgIpc) is 2.39. The van der Waals surface area contributed by atoms with Crippen molar-refractivity contribution < 1.29 is 0 Å². The molecule has 0 spiro atoms. The van der Waals surface area contributed by atoms with Crippen LogP contribution in [0.15, 0.2) is 30.5 Å². The van der Waals surface area contributed by atoms with Crippen LogP contribution in [-0.4, -0.2) is 18.1 Å². The smallest absolute Gasteiger partial charge is 0.136 e. The van der Waals surface area contributed by atoms with E-state index < -0.39 is 0 Å². The van der Waals surface area contributed by atoms with E-state index in [2.05, 4.69) is 16.0 Å². The van der Waals surface area contributed by atoms with Gasteiger partial charge in [0.1, 0.15) is 5.82 Å². The first-order valence-electron chi connectivity index (χ1n) is 6.24. The highest BCUT2D eigenvalue weighted by Crippen LogP contribution is 2.28. The van der Waals surface area contributed by atoms with Crippen LogP contribution >= 0.6 is 0 Å². The zero-order valence-electron chi connectivity index (χ0n) is 9.89. The summed E-state index contributed by atoms with van der Waals surface area (Å²) in [6, 6.07) is 8.09. The van der Waals surface area contributed by atoms with E-state index in [1.165, 1.54) is 30.0 Å². The molecule has 2 N–H and O–H groups in total. The van der Waals surface area contributed by atoms with Gasteiger partial charge in [0.2, 0.25) is 0 Å². The standard InChI is InChI=1S/C14H17N3/c15-12-5-4-11-6-7-16-14(13(11)10-12)17-8-2-1-3-9-17/h4-7,10H,1-3,8-9,15H2. The fourth-order valence-electron chi connectivity index (χ4n) is 2.53. The third-order valence-corrected chi connectivity index (χ3v) is 3.42. The second-order valence-electron chi connectivity index (χ2n) is 4.66. The van der Waals surface area contributed by atoms with Crippen LogP contribution in [0.3, 0.4) is 0 Å². The number of hydrogen-bond acceptors (Lipinski definition) is 3. The number of pyridine rings is 1. The number of anilines is 2. The monoisotopic (exact) mass is 227 g/mol. The Balaban J connectivity index is 2.11. The van der Waals surface area contributed by atoms with Crippen molar-refractivity contribution in [3.8, 4) is 0 Å². The molecule has 3 heteroatoms. The molecule has 1 aromatic heterocycles. The highest BCUT2D eigenvalue weighted by Gasteiger charge is 2.14. The molecule has 0 aliphatic carbocycles. The van der Waals surface area contributed by atoms with Crippen molar-refractivity contribution in [2.45, 2.75) is 19.3 Å². The number of aromatic nitrogens is 1. The molecule has 1 fully saturated rings. The summed E-state index contributed by atoms with van der Waals surface area (Å²) in [5, 5.41) is 2.39. The zero-order valence-corrected chi connectivity index (χ0v) is 9.89. The average molecular weight is 227 g/mol. The largest absolute Gasteiger partial charge is 0.399 e. The topological polar surface area (TPSA) is 42.1 Å². The van der Waals surface area contributed by atoms with Crippen molar-refractivity contribution in [1.29, 1.82) is 0 Å². The Morgan fingerprint density at radius 1 is 1.06 bits per heavy atom. The number of nitrogen functional groups attached to an aromatic ring is 1. The van der Waals surface area contributed by atoms with Crippen LogP contribution in [0.1, 0.15) is 19.3 Å². The summed E-state index contributed by atoms with van der Waals surface area (Å²) < 4.78 is 0. The minimum Gasteiger partial charge on any atom is -0.399 e. The van der Waals surface area contributed by atoms with Crippen LogP contribution in [0, 0.1) is 0 Å². The van der Waals surface area contributed by atoms with Gasteiger partial charge < -0.3 is 10.6 Å². The fraction of sp³-hybridized carbons (Fsp3) is 0.357. The number of fused-ring (bicyclic) bond motifs is 1. The van der Waals surface area contributed by atoms with Crippen molar-refractivity contribution in [2.24, 2.45) is 0 Å². The van der Waals surface area contributed by atoms with Crippen LogP contribution in [-0.2, 0) is 0 Å². The van der Waals surface area contributed by atoms with Gasteiger partial charge in [-0.2, -0.15) is 0 Å². The number of hydrogen-bond donors (Lipinski definition) is 1. The van der Waals surface area contributed by atoms with Crippen molar-refractivity contribution in [3.63, 3.8) is 0 Å². The third kappa shape index (κ3) is 1.93. The lowest BCUT2D eigenvalue weighted by Gasteiger charge is -2.28. The van der Waals surface area contributed by atoms with Crippen molar-refractivity contribution >= 4 is 22.3 Å². The number of benzene rings is 1. The van der Waals surface area contributed by atoms with E-state index in [1.807, 2.05) is 24.4 Å². The molecular formula is C14H17N3. The maximum Gasteiger partial charge on any atom is 0.136 e.